The number of sulfonamides is 1. The normalized spacial score (nSPS) is 18.5. The molecule has 5 heteroatoms. The minimum atomic E-state index is -3.35. The van der Waals surface area contributed by atoms with Crippen LogP contribution in [0.1, 0.15) is 30.4 Å². The van der Waals surface area contributed by atoms with E-state index in [0.29, 0.717) is 24.0 Å². The number of benzene rings is 1. The van der Waals surface area contributed by atoms with Crippen molar-refractivity contribution in [2.75, 3.05) is 13.1 Å². The van der Waals surface area contributed by atoms with Gasteiger partial charge in [-0.3, -0.25) is 0 Å². The molecule has 1 aromatic rings. The standard InChI is InChI=1S/C14H20N2O2S/c17-19(18,16-9-8-15-13-5-6-13)14-7-4-11-2-1-3-12(11)10-14/h4,7,10,13,15-16H,1-3,5-6,8-9H2. The van der Waals surface area contributed by atoms with Crippen molar-refractivity contribution in [3.63, 3.8) is 0 Å². The third kappa shape index (κ3) is 3.16. The fourth-order valence-electron chi connectivity index (χ4n) is 2.55. The smallest absolute Gasteiger partial charge is 0.240 e. The molecule has 2 N–H and O–H groups in total. The van der Waals surface area contributed by atoms with Crippen LogP contribution in [-0.4, -0.2) is 27.5 Å². The molecule has 0 aliphatic heterocycles. The molecule has 2 aliphatic rings. The first-order chi connectivity index (χ1) is 9.15. The fraction of sp³-hybridized carbons (Fsp3) is 0.571. The molecule has 1 saturated carbocycles. The summed E-state index contributed by atoms with van der Waals surface area (Å²) >= 11 is 0. The molecule has 104 valence electrons. The maximum atomic E-state index is 12.2. The summed E-state index contributed by atoms with van der Waals surface area (Å²) in [4.78, 5) is 0.402. The highest BCUT2D eigenvalue weighted by atomic mass is 32.2. The molecule has 1 aromatic carbocycles. The zero-order valence-electron chi connectivity index (χ0n) is 11.0. The van der Waals surface area contributed by atoms with Gasteiger partial charge in [-0.1, -0.05) is 6.07 Å². The number of nitrogens with one attached hydrogen (secondary N) is 2. The first kappa shape index (κ1) is 13.1. The maximum Gasteiger partial charge on any atom is 0.240 e. The lowest BCUT2D eigenvalue weighted by molar-refractivity contribution is 0.575. The van der Waals surface area contributed by atoms with Crippen LogP contribution in [0, 0.1) is 0 Å². The van der Waals surface area contributed by atoms with Crippen molar-refractivity contribution < 1.29 is 8.42 Å². The minimum absolute atomic E-state index is 0.402. The second kappa shape index (κ2) is 5.23. The SMILES string of the molecule is O=S(=O)(NCCNC1CC1)c1ccc2c(c1)CCC2. The summed E-state index contributed by atoms with van der Waals surface area (Å²) in [7, 11) is -3.35. The van der Waals surface area contributed by atoms with Gasteiger partial charge in [0.15, 0.2) is 0 Å². The average Bonchev–Trinajstić information content (AvgIpc) is 3.09. The van der Waals surface area contributed by atoms with Gasteiger partial charge in [0.05, 0.1) is 4.90 Å². The van der Waals surface area contributed by atoms with Crippen LogP contribution in [0.2, 0.25) is 0 Å². The quantitative estimate of drug-likeness (QED) is 0.770. The zero-order valence-corrected chi connectivity index (χ0v) is 11.8. The van der Waals surface area contributed by atoms with Crippen LogP contribution in [-0.2, 0) is 22.9 Å². The van der Waals surface area contributed by atoms with Crippen molar-refractivity contribution >= 4 is 10.0 Å². The average molecular weight is 280 g/mol. The van der Waals surface area contributed by atoms with Gasteiger partial charge in [0, 0.05) is 19.1 Å². The largest absolute Gasteiger partial charge is 0.313 e. The van der Waals surface area contributed by atoms with Crippen molar-refractivity contribution in [1.82, 2.24) is 10.0 Å². The lowest BCUT2D eigenvalue weighted by Gasteiger charge is -2.09. The molecular formula is C14H20N2O2S. The Morgan fingerprint density at radius 2 is 1.89 bits per heavy atom. The molecule has 0 amide bonds. The van der Waals surface area contributed by atoms with Gasteiger partial charge in [-0.05, 0) is 55.4 Å². The number of hydrogen-bond acceptors (Lipinski definition) is 3. The summed E-state index contributed by atoms with van der Waals surface area (Å²) in [5, 5.41) is 3.30. The fourth-order valence-corrected chi connectivity index (χ4v) is 3.63. The van der Waals surface area contributed by atoms with Crippen molar-refractivity contribution in [3.05, 3.63) is 29.3 Å². The summed E-state index contributed by atoms with van der Waals surface area (Å²) in [5.74, 6) is 0. The van der Waals surface area contributed by atoms with Gasteiger partial charge >= 0.3 is 0 Å². The van der Waals surface area contributed by atoms with E-state index in [1.807, 2.05) is 12.1 Å². The molecule has 1 fully saturated rings. The molecule has 0 atom stereocenters. The molecule has 0 bridgehead atoms. The first-order valence-corrected chi connectivity index (χ1v) is 8.48. The van der Waals surface area contributed by atoms with Crippen LogP contribution in [0.25, 0.3) is 0 Å². The van der Waals surface area contributed by atoms with E-state index in [4.69, 9.17) is 0 Å². The molecule has 0 spiro atoms. The van der Waals surface area contributed by atoms with E-state index in [9.17, 15) is 8.42 Å². The molecule has 0 saturated heterocycles. The summed E-state index contributed by atoms with van der Waals surface area (Å²) in [6.07, 6.45) is 5.66. The summed E-state index contributed by atoms with van der Waals surface area (Å²) in [5.41, 5.74) is 2.49. The van der Waals surface area contributed by atoms with E-state index in [1.165, 1.54) is 24.0 Å². The molecule has 2 aliphatic carbocycles. The summed E-state index contributed by atoms with van der Waals surface area (Å²) in [6.45, 7) is 1.16. The Labute approximate surface area is 114 Å². The molecular weight excluding hydrogens is 260 g/mol. The van der Waals surface area contributed by atoms with E-state index in [2.05, 4.69) is 10.0 Å². The molecule has 19 heavy (non-hydrogen) atoms. The topological polar surface area (TPSA) is 58.2 Å². The molecule has 3 rings (SSSR count). The lowest BCUT2D eigenvalue weighted by atomic mass is 10.1. The van der Waals surface area contributed by atoms with Gasteiger partial charge in [0.25, 0.3) is 0 Å². The Morgan fingerprint density at radius 3 is 2.68 bits per heavy atom. The van der Waals surface area contributed by atoms with Crippen LogP contribution in [0.3, 0.4) is 0 Å². The molecule has 4 nitrogen and oxygen atoms in total. The Morgan fingerprint density at radius 1 is 1.11 bits per heavy atom. The predicted molar refractivity (Wildman–Crippen MR) is 74.7 cm³/mol. The van der Waals surface area contributed by atoms with Crippen molar-refractivity contribution in [3.8, 4) is 0 Å². The van der Waals surface area contributed by atoms with Crippen LogP contribution in [0.4, 0.5) is 0 Å². The first-order valence-electron chi connectivity index (χ1n) is 7.00. The van der Waals surface area contributed by atoms with Crippen LogP contribution in [0.5, 0.6) is 0 Å². The number of aryl methyl sites for hydroxylation is 2. The van der Waals surface area contributed by atoms with E-state index >= 15 is 0 Å². The van der Waals surface area contributed by atoms with Crippen LogP contribution >= 0.6 is 0 Å². The van der Waals surface area contributed by atoms with Gasteiger partial charge < -0.3 is 5.32 Å². The van der Waals surface area contributed by atoms with E-state index < -0.39 is 10.0 Å². The number of hydrogen-bond donors (Lipinski definition) is 2. The number of fused-ring (bicyclic) bond motifs is 1. The van der Waals surface area contributed by atoms with Gasteiger partial charge in [0.1, 0.15) is 0 Å². The highest BCUT2D eigenvalue weighted by Gasteiger charge is 2.21. The van der Waals surface area contributed by atoms with Crippen molar-refractivity contribution in [2.45, 2.75) is 43.0 Å². The van der Waals surface area contributed by atoms with Crippen LogP contribution in [0.15, 0.2) is 23.1 Å². The van der Waals surface area contributed by atoms with Gasteiger partial charge in [-0.25, -0.2) is 13.1 Å². The maximum absolute atomic E-state index is 12.2. The highest BCUT2D eigenvalue weighted by Crippen LogP contribution is 2.24. The van der Waals surface area contributed by atoms with Gasteiger partial charge in [-0.15, -0.1) is 0 Å². The van der Waals surface area contributed by atoms with Crippen molar-refractivity contribution in [2.24, 2.45) is 0 Å². The Hall–Kier alpha value is -0.910. The van der Waals surface area contributed by atoms with E-state index in [1.54, 1.807) is 6.07 Å². The number of rotatable bonds is 6. The van der Waals surface area contributed by atoms with E-state index in [0.717, 1.165) is 19.3 Å². The lowest BCUT2D eigenvalue weighted by Crippen LogP contribution is -2.32. The minimum Gasteiger partial charge on any atom is -0.313 e. The Bertz CT molecular complexity index is 565. The second-order valence-electron chi connectivity index (χ2n) is 5.41. The van der Waals surface area contributed by atoms with Crippen molar-refractivity contribution in [1.29, 1.82) is 0 Å². The third-order valence-corrected chi connectivity index (χ3v) is 5.27. The summed E-state index contributed by atoms with van der Waals surface area (Å²) < 4.78 is 27.0. The molecule has 0 heterocycles. The molecule has 0 unspecified atom stereocenters. The second-order valence-corrected chi connectivity index (χ2v) is 7.18. The third-order valence-electron chi connectivity index (χ3n) is 3.81. The highest BCUT2D eigenvalue weighted by molar-refractivity contribution is 7.89. The van der Waals surface area contributed by atoms with Gasteiger partial charge in [0.2, 0.25) is 10.0 Å². The zero-order chi connectivity index (χ0) is 13.3. The molecule has 0 aromatic heterocycles. The van der Waals surface area contributed by atoms with E-state index in [-0.39, 0.29) is 0 Å². The predicted octanol–water partition coefficient (Wildman–Crippen LogP) is 1.21. The summed E-state index contributed by atoms with van der Waals surface area (Å²) in [6, 6.07) is 6.13. The molecule has 0 radical (unpaired) electrons. The van der Waals surface area contributed by atoms with Crippen LogP contribution < -0.4 is 10.0 Å². The monoisotopic (exact) mass is 280 g/mol. The Kier molecular flexibility index (Phi) is 3.60. The Balaban J connectivity index is 1.62. The van der Waals surface area contributed by atoms with Gasteiger partial charge in [-0.2, -0.15) is 0 Å².